The van der Waals surface area contributed by atoms with Crippen molar-refractivity contribution in [1.29, 1.82) is 5.26 Å². The van der Waals surface area contributed by atoms with Crippen molar-refractivity contribution in [3.63, 3.8) is 0 Å². The summed E-state index contributed by atoms with van der Waals surface area (Å²) >= 11 is 1.46. The molecule has 8 nitrogen and oxygen atoms in total. The van der Waals surface area contributed by atoms with E-state index in [0.717, 1.165) is 15.5 Å². The first-order chi connectivity index (χ1) is 14.9. The predicted molar refractivity (Wildman–Crippen MR) is 120 cm³/mol. The zero-order chi connectivity index (χ0) is 22.4. The molecule has 164 valence electrons. The molecule has 0 fully saturated rings. The predicted octanol–water partition coefficient (Wildman–Crippen LogP) is 0.333. The Morgan fingerprint density at radius 2 is 2.00 bits per heavy atom. The molecule has 3 N–H and O–H groups in total. The number of benzene rings is 2. The summed E-state index contributed by atoms with van der Waals surface area (Å²) in [5.41, 5.74) is 0.598. The standard InChI is InChI=1S/C22H27AsN4O4/c1-22(20(29-2)30-3)19(28)18(16-11-15(23)9-10-17(16)31-22)27-21(26-13-24)25-12-14-7-5-4-6-8-14/h4-11,18-20,28H,12,23H2,1-3H3,(H2,25,26,27)/t18-,19+,22+/m1/s1. The Morgan fingerprint density at radius 3 is 2.65 bits per heavy atom. The van der Waals surface area contributed by atoms with E-state index in [2.05, 4.69) is 15.6 Å². The zero-order valence-electron chi connectivity index (χ0n) is 17.7. The van der Waals surface area contributed by atoms with Crippen LogP contribution in [0.5, 0.6) is 5.75 Å². The molecular formula is C22H27AsN4O4. The average Bonchev–Trinajstić information content (AvgIpc) is 2.77. The first-order valence-electron chi connectivity index (χ1n) is 9.76. The Hall–Kier alpha value is -2.56. The van der Waals surface area contributed by atoms with Crippen LogP contribution < -0.4 is 19.7 Å². The molecule has 1 heterocycles. The van der Waals surface area contributed by atoms with E-state index in [1.54, 1.807) is 6.92 Å². The molecular weight excluding hydrogens is 459 g/mol. The van der Waals surface area contributed by atoms with Crippen molar-refractivity contribution >= 4 is 27.2 Å². The minimum absolute atomic E-state index is 0.254. The number of guanidine groups is 1. The molecule has 0 radical (unpaired) electrons. The second-order valence-corrected chi connectivity index (χ2v) is 8.75. The molecule has 0 aliphatic carbocycles. The third-order valence-electron chi connectivity index (χ3n) is 5.25. The van der Waals surface area contributed by atoms with E-state index in [0.29, 0.717) is 12.3 Å². The van der Waals surface area contributed by atoms with Gasteiger partial charge in [-0.25, -0.2) is 0 Å². The fourth-order valence-corrected chi connectivity index (χ4v) is 4.29. The third-order valence-corrected chi connectivity index (χ3v) is 6.01. The second-order valence-electron chi connectivity index (χ2n) is 7.35. The van der Waals surface area contributed by atoms with Crippen LogP contribution in [0.2, 0.25) is 0 Å². The number of hydrogen-bond acceptors (Lipinski definition) is 6. The topological polar surface area (TPSA) is 108 Å². The van der Waals surface area contributed by atoms with E-state index in [-0.39, 0.29) is 5.96 Å². The summed E-state index contributed by atoms with van der Waals surface area (Å²) in [6, 6.07) is 14.9. The first-order valence-corrected chi connectivity index (χ1v) is 11.0. The van der Waals surface area contributed by atoms with Gasteiger partial charge in [0, 0.05) is 0 Å². The maximum absolute atomic E-state index is 11.4. The summed E-state index contributed by atoms with van der Waals surface area (Å²) in [5, 5.41) is 26.9. The Labute approximate surface area is 190 Å². The molecule has 0 bridgehead atoms. The second kappa shape index (κ2) is 10.2. The van der Waals surface area contributed by atoms with Crippen molar-refractivity contribution in [3.8, 4) is 11.9 Å². The summed E-state index contributed by atoms with van der Waals surface area (Å²) in [7, 11) is 2.99. The van der Waals surface area contributed by atoms with Crippen LogP contribution in [0.15, 0.2) is 53.5 Å². The van der Waals surface area contributed by atoms with Crippen molar-refractivity contribution in [2.45, 2.75) is 37.5 Å². The molecule has 0 amide bonds. The van der Waals surface area contributed by atoms with Gasteiger partial charge in [0.2, 0.25) is 0 Å². The molecule has 0 saturated carbocycles. The summed E-state index contributed by atoms with van der Waals surface area (Å²) in [5.74, 6) is 0.856. The minimum atomic E-state index is -1.20. The Balaban J connectivity index is 1.93. The molecule has 0 saturated heterocycles. The zero-order valence-corrected chi connectivity index (χ0v) is 20.1. The van der Waals surface area contributed by atoms with E-state index in [9.17, 15) is 10.4 Å². The van der Waals surface area contributed by atoms with Crippen LogP contribution >= 0.6 is 0 Å². The number of nitriles is 1. The average molecular weight is 486 g/mol. The summed E-state index contributed by atoms with van der Waals surface area (Å²) < 4.78 is 18.1. The molecule has 3 rings (SSSR count). The Morgan fingerprint density at radius 1 is 1.29 bits per heavy atom. The third kappa shape index (κ3) is 5.03. The van der Waals surface area contributed by atoms with Gasteiger partial charge in [0.25, 0.3) is 0 Å². The van der Waals surface area contributed by atoms with Gasteiger partial charge in [-0.1, -0.05) is 0 Å². The van der Waals surface area contributed by atoms with Crippen LogP contribution in [0.4, 0.5) is 0 Å². The van der Waals surface area contributed by atoms with E-state index < -0.39 is 24.0 Å². The van der Waals surface area contributed by atoms with E-state index >= 15 is 0 Å². The molecule has 1 unspecified atom stereocenters. The summed E-state index contributed by atoms with van der Waals surface area (Å²) in [6.45, 7) is 2.20. The number of aliphatic hydroxyl groups is 1. The van der Waals surface area contributed by atoms with Crippen LogP contribution in [0, 0.1) is 11.5 Å². The number of nitrogens with one attached hydrogen (secondary N) is 2. The van der Waals surface area contributed by atoms with Crippen LogP contribution in [-0.2, 0) is 16.0 Å². The number of ether oxygens (including phenoxy) is 3. The van der Waals surface area contributed by atoms with Crippen molar-refractivity contribution < 1.29 is 19.3 Å². The van der Waals surface area contributed by atoms with Crippen LogP contribution in [0.3, 0.4) is 0 Å². The molecule has 1 aliphatic heterocycles. The fraction of sp³-hybridized carbons (Fsp3) is 0.364. The number of nitrogens with zero attached hydrogens (tertiary/aromatic N) is 2. The number of methoxy groups -OCH3 is 2. The molecule has 0 aromatic heterocycles. The van der Waals surface area contributed by atoms with Crippen molar-refractivity contribution in [2.24, 2.45) is 4.99 Å². The van der Waals surface area contributed by atoms with Gasteiger partial charge in [-0.15, -0.1) is 0 Å². The quantitative estimate of drug-likeness (QED) is 0.178. The molecule has 0 spiro atoms. The monoisotopic (exact) mass is 486 g/mol. The van der Waals surface area contributed by atoms with Crippen LogP contribution in [-0.4, -0.2) is 60.1 Å². The molecule has 1 aliphatic rings. The number of fused-ring (bicyclic) bond motifs is 1. The van der Waals surface area contributed by atoms with E-state index in [1.165, 1.54) is 31.1 Å². The maximum atomic E-state index is 11.4. The fourth-order valence-electron chi connectivity index (χ4n) is 3.71. The van der Waals surface area contributed by atoms with Crippen molar-refractivity contribution in [3.05, 3.63) is 59.7 Å². The number of rotatable bonds is 6. The molecule has 2 aromatic carbocycles. The van der Waals surface area contributed by atoms with Gasteiger partial charge < -0.3 is 0 Å². The van der Waals surface area contributed by atoms with Gasteiger partial charge in [0.15, 0.2) is 0 Å². The van der Waals surface area contributed by atoms with Gasteiger partial charge in [0.1, 0.15) is 0 Å². The first kappa shape index (κ1) is 23.1. The molecule has 2 aromatic rings. The SMILES string of the molecule is COC(OC)[C@@]1(C)Oc2ccc([AsH2])cc2[C@@H](NC(=NC#N)NCc2ccccc2)[C@@H]1O. The summed E-state index contributed by atoms with van der Waals surface area (Å²) in [4.78, 5) is 3.89. The van der Waals surface area contributed by atoms with Crippen molar-refractivity contribution in [1.82, 2.24) is 10.6 Å². The number of aliphatic imine (C=N–C) groups is 1. The Kier molecular flexibility index (Phi) is 7.58. The van der Waals surface area contributed by atoms with E-state index in [4.69, 9.17) is 14.2 Å². The van der Waals surface area contributed by atoms with Gasteiger partial charge in [-0.2, -0.15) is 0 Å². The van der Waals surface area contributed by atoms with Crippen LogP contribution in [0.25, 0.3) is 0 Å². The van der Waals surface area contributed by atoms with Gasteiger partial charge in [-0.05, 0) is 0 Å². The van der Waals surface area contributed by atoms with Gasteiger partial charge >= 0.3 is 191 Å². The normalized spacial score (nSPS) is 22.9. The van der Waals surface area contributed by atoms with E-state index in [1.807, 2.05) is 54.7 Å². The molecule has 31 heavy (non-hydrogen) atoms. The number of aliphatic hydroxyl groups excluding tert-OH is 1. The van der Waals surface area contributed by atoms with Crippen molar-refractivity contribution in [2.75, 3.05) is 14.2 Å². The van der Waals surface area contributed by atoms with Crippen LogP contribution in [0.1, 0.15) is 24.1 Å². The van der Waals surface area contributed by atoms with Gasteiger partial charge in [0.05, 0.1) is 0 Å². The van der Waals surface area contributed by atoms with Gasteiger partial charge in [-0.3, -0.25) is 0 Å². The summed E-state index contributed by atoms with van der Waals surface area (Å²) in [6.07, 6.45) is -0.0748. The molecule has 4 atom stereocenters. The Bertz CT molecular complexity index is 962. The molecule has 9 heteroatoms. The number of hydrogen-bond donors (Lipinski definition) is 3.